The molecule has 0 unspecified atom stereocenters. The molecular formula is C12H23N3O. The lowest BCUT2D eigenvalue weighted by Crippen LogP contribution is -2.33. The Kier molecular flexibility index (Phi) is 6.27. The predicted octanol–water partition coefficient (Wildman–Crippen LogP) is 4.06. The summed E-state index contributed by atoms with van der Waals surface area (Å²) in [5.74, 6) is 0.645. The van der Waals surface area contributed by atoms with Crippen molar-refractivity contribution < 1.29 is 4.74 Å². The monoisotopic (exact) mass is 225 g/mol. The summed E-state index contributed by atoms with van der Waals surface area (Å²) in [5, 5.41) is 3.84. The van der Waals surface area contributed by atoms with Gasteiger partial charge >= 0.3 is 0 Å². The molecule has 0 amide bonds. The van der Waals surface area contributed by atoms with Crippen molar-refractivity contribution in [3.8, 4) is 0 Å². The van der Waals surface area contributed by atoms with Gasteiger partial charge in [0.05, 0.1) is 6.10 Å². The second kappa shape index (κ2) is 7.53. The Bertz CT molecular complexity index is 232. The van der Waals surface area contributed by atoms with Crippen LogP contribution in [0.2, 0.25) is 0 Å². The van der Waals surface area contributed by atoms with E-state index in [2.05, 4.69) is 23.9 Å². The Hall–Kier alpha value is -0.730. The molecule has 0 aromatic heterocycles. The Morgan fingerprint density at radius 1 is 1.38 bits per heavy atom. The molecule has 0 aromatic rings. The highest BCUT2D eigenvalue weighted by atomic mass is 16.5. The smallest absolute Gasteiger partial charge is 0.0607 e. The predicted molar refractivity (Wildman–Crippen MR) is 65.2 cm³/mol. The van der Waals surface area contributed by atoms with Crippen molar-refractivity contribution in [1.82, 2.24) is 0 Å². The third-order valence-corrected chi connectivity index (χ3v) is 3.35. The molecule has 4 nitrogen and oxygen atoms in total. The lowest BCUT2D eigenvalue weighted by atomic mass is 9.87. The Balaban J connectivity index is 2.51. The van der Waals surface area contributed by atoms with Crippen molar-refractivity contribution >= 4 is 0 Å². The first kappa shape index (κ1) is 13.3. The first-order chi connectivity index (χ1) is 7.81. The van der Waals surface area contributed by atoms with Crippen molar-refractivity contribution in [2.24, 2.45) is 11.0 Å². The van der Waals surface area contributed by atoms with Crippen LogP contribution < -0.4 is 0 Å². The second-order valence-corrected chi connectivity index (χ2v) is 4.63. The fourth-order valence-electron chi connectivity index (χ4n) is 2.57. The van der Waals surface area contributed by atoms with Gasteiger partial charge < -0.3 is 4.74 Å². The van der Waals surface area contributed by atoms with Gasteiger partial charge in [0, 0.05) is 17.6 Å². The van der Waals surface area contributed by atoms with Crippen LogP contribution in [-0.2, 0) is 4.74 Å². The largest absolute Gasteiger partial charge is 0.378 e. The minimum Gasteiger partial charge on any atom is -0.378 e. The molecule has 0 aromatic carbocycles. The van der Waals surface area contributed by atoms with Crippen LogP contribution in [0.3, 0.4) is 0 Å². The topological polar surface area (TPSA) is 58.0 Å². The molecular weight excluding hydrogens is 202 g/mol. The maximum Gasteiger partial charge on any atom is 0.0607 e. The van der Waals surface area contributed by atoms with Gasteiger partial charge in [0.1, 0.15) is 0 Å². The molecule has 0 N–H and O–H groups in total. The van der Waals surface area contributed by atoms with E-state index in [1.54, 1.807) is 0 Å². The zero-order chi connectivity index (χ0) is 11.8. The first-order valence-electron chi connectivity index (χ1n) is 6.47. The van der Waals surface area contributed by atoms with Gasteiger partial charge in [-0.05, 0) is 37.1 Å². The van der Waals surface area contributed by atoms with E-state index < -0.39 is 0 Å². The lowest BCUT2D eigenvalue weighted by molar-refractivity contribution is -0.0323. The molecule has 0 spiro atoms. The molecule has 0 saturated carbocycles. The number of nitrogens with zero attached hydrogens (tertiary/aromatic N) is 3. The van der Waals surface area contributed by atoms with Gasteiger partial charge in [-0.15, -0.1) is 0 Å². The fourth-order valence-corrected chi connectivity index (χ4v) is 2.57. The zero-order valence-corrected chi connectivity index (χ0v) is 10.4. The van der Waals surface area contributed by atoms with Gasteiger partial charge in [-0.2, -0.15) is 0 Å². The molecule has 1 aliphatic rings. The van der Waals surface area contributed by atoms with E-state index in [4.69, 9.17) is 10.3 Å². The summed E-state index contributed by atoms with van der Waals surface area (Å²) in [4.78, 5) is 2.91. The van der Waals surface area contributed by atoms with Crippen LogP contribution in [-0.4, -0.2) is 18.8 Å². The minimum atomic E-state index is 0.153. The minimum absolute atomic E-state index is 0.153. The average Bonchev–Trinajstić information content (AvgIpc) is 2.30. The molecule has 1 fully saturated rings. The van der Waals surface area contributed by atoms with Crippen LogP contribution >= 0.6 is 0 Å². The highest BCUT2D eigenvalue weighted by Gasteiger charge is 2.27. The molecule has 92 valence electrons. The van der Waals surface area contributed by atoms with E-state index in [1.807, 2.05) is 0 Å². The number of hydrogen-bond donors (Lipinski definition) is 0. The number of hydrogen-bond acceptors (Lipinski definition) is 2. The molecule has 1 heterocycles. The maximum absolute atomic E-state index is 8.47. The summed E-state index contributed by atoms with van der Waals surface area (Å²) in [6.45, 7) is 5.19. The van der Waals surface area contributed by atoms with Crippen molar-refractivity contribution in [2.45, 2.75) is 64.5 Å². The van der Waals surface area contributed by atoms with Gasteiger partial charge in [0.15, 0.2) is 0 Å². The summed E-state index contributed by atoms with van der Waals surface area (Å²) in [6, 6.07) is 0.153. The van der Waals surface area contributed by atoms with E-state index in [0.717, 1.165) is 19.4 Å². The Labute approximate surface area is 98.0 Å². The summed E-state index contributed by atoms with van der Waals surface area (Å²) in [5.41, 5.74) is 8.47. The molecule has 0 radical (unpaired) electrons. The van der Waals surface area contributed by atoms with Gasteiger partial charge in [-0.25, -0.2) is 0 Å². The van der Waals surface area contributed by atoms with Gasteiger partial charge in [0.2, 0.25) is 0 Å². The van der Waals surface area contributed by atoms with Crippen LogP contribution in [0, 0.1) is 5.92 Å². The quantitative estimate of drug-likeness (QED) is 0.382. The van der Waals surface area contributed by atoms with Crippen LogP contribution in [0.4, 0.5) is 0 Å². The first-order valence-corrected chi connectivity index (χ1v) is 6.47. The Morgan fingerprint density at radius 3 is 2.62 bits per heavy atom. The molecule has 1 saturated heterocycles. The molecule has 0 bridgehead atoms. The van der Waals surface area contributed by atoms with Gasteiger partial charge in [0.25, 0.3) is 0 Å². The number of rotatable bonds is 6. The summed E-state index contributed by atoms with van der Waals surface area (Å²) in [7, 11) is 0. The van der Waals surface area contributed by atoms with Crippen LogP contribution in [0.15, 0.2) is 5.11 Å². The molecule has 16 heavy (non-hydrogen) atoms. The summed E-state index contributed by atoms with van der Waals surface area (Å²) in [6.07, 6.45) is 6.96. The van der Waals surface area contributed by atoms with Gasteiger partial charge in [-0.3, -0.25) is 0 Å². The molecule has 1 aliphatic heterocycles. The third-order valence-electron chi connectivity index (χ3n) is 3.35. The van der Waals surface area contributed by atoms with E-state index in [0.29, 0.717) is 12.0 Å². The van der Waals surface area contributed by atoms with E-state index in [1.165, 1.54) is 25.7 Å². The van der Waals surface area contributed by atoms with Crippen LogP contribution in [0.5, 0.6) is 0 Å². The van der Waals surface area contributed by atoms with Crippen molar-refractivity contribution in [1.29, 1.82) is 0 Å². The third kappa shape index (κ3) is 4.03. The molecule has 2 atom stereocenters. The number of ether oxygens (including phenoxy) is 1. The standard InChI is InChI=1S/C12H23N3O/c1-3-5-10(6-4-2)12-9-11(14-15-13)7-8-16-12/h10-12H,3-9H2,1-2H3/t11-,12+/m0/s1. The molecule has 0 aliphatic carbocycles. The normalized spacial score (nSPS) is 25.4. The fraction of sp³-hybridized carbons (Fsp3) is 1.00. The highest BCUT2D eigenvalue weighted by Crippen LogP contribution is 2.28. The van der Waals surface area contributed by atoms with Crippen LogP contribution in [0.1, 0.15) is 52.4 Å². The summed E-state index contributed by atoms with van der Waals surface area (Å²) >= 11 is 0. The molecule has 1 rings (SSSR count). The summed E-state index contributed by atoms with van der Waals surface area (Å²) < 4.78 is 5.84. The number of azide groups is 1. The van der Waals surface area contributed by atoms with Crippen molar-refractivity contribution in [2.75, 3.05) is 6.61 Å². The van der Waals surface area contributed by atoms with E-state index in [9.17, 15) is 0 Å². The Morgan fingerprint density at radius 2 is 2.06 bits per heavy atom. The SMILES string of the molecule is CCCC(CCC)[C@H]1C[C@@H](N=[N+]=[N-])CCO1. The van der Waals surface area contributed by atoms with E-state index in [-0.39, 0.29) is 6.04 Å². The second-order valence-electron chi connectivity index (χ2n) is 4.63. The van der Waals surface area contributed by atoms with Crippen molar-refractivity contribution in [3.05, 3.63) is 10.4 Å². The lowest BCUT2D eigenvalue weighted by Gasteiger charge is -2.33. The zero-order valence-electron chi connectivity index (χ0n) is 10.4. The van der Waals surface area contributed by atoms with Crippen LogP contribution in [0.25, 0.3) is 10.4 Å². The average molecular weight is 225 g/mol. The maximum atomic E-state index is 8.47. The molecule has 4 heteroatoms. The van der Waals surface area contributed by atoms with Gasteiger partial charge in [-0.1, -0.05) is 31.8 Å². The van der Waals surface area contributed by atoms with E-state index >= 15 is 0 Å². The van der Waals surface area contributed by atoms with Crippen molar-refractivity contribution in [3.63, 3.8) is 0 Å². The highest BCUT2D eigenvalue weighted by molar-refractivity contribution is 4.81.